The van der Waals surface area contributed by atoms with Gasteiger partial charge in [0.05, 0.1) is 0 Å². The minimum atomic E-state index is -0.816. The van der Waals surface area contributed by atoms with Crippen molar-refractivity contribution in [3.05, 3.63) is 0 Å². The fourth-order valence-corrected chi connectivity index (χ4v) is 3.67. The average Bonchev–Trinajstić information content (AvgIpc) is 2.65. The van der Waals surface area contributed by atoms with Gasteiger partial charge in [-0.2, -0.15) is 0 Å². The average molecular weight is 298 g/mol. The van der Waals surface area contributed by atoms with Gasteiger partial charge in [0, 0.05) is 6.04 Å². The lowest BCUT2D eigenvalue weighted by Gasteiger charge is -2.34. The summed E-state index contributed by atoms with van der Waals surface area (Å²) in [7, 11) is 0. The minimum absolute atomic E-state index is 0.311. The van der Waals surface area contributed by atoms with Crippen LogP contribution in [0, 0.1) is 5.92 Å². The molecule has 1 fully saturated rings. The molecule has 0 spiro atoms. The van der Waals surface area contributed by atoms with E-state index in [1.807, 2.05) is 13.8 Å². The van der Waals surface area contributed by atoms with Crippen molar-refractivity contribution in [3.8, 4) is 0 Å². The first kappa shape index (κ1) is 18.4. The molecule has 1 heterocycles. The van der Waals surface area contributed by atoms with Crippen LogP contribution in [0.1, 0.15) is 66.2 Å². The third-order valence-electron chi connectivity index (χ3n) is 4.95. The Morgan fingerprint density at radius 1 is 1.38 bits per heavy atom. The number of hydrogen-bond donors (Lipinski definition) is 2. The summed E-state index contributed by atoms with van der Waals surface area (Å²) in [5.41, 5.74) is -0.816. The third kappa shape index (κ3) is 5.59. The zero-order valence-corrected chi connectivity index (χ0v) is 14.3. The highest BCUT2D eigenvalue weighted by atomic mass is 16.4. The van der Waals surface area contributed by atoms with Crippen molar-refractivity contribution >= 4 is 5.97 Å². The predicted molar refractivity (Wildman–Crippen MR) is 87.6 cm³/mol. The smallest absolute Gasteiger partial charge is 0.323 e. The third-order valence-corrected chi connectivity index (χ3v) is 4.95. The van der Waals surface area contributed by atoms with Gasteiger partial charge in [0.25, 0.3) is 0 Å². The lowest BCUT2D eigenvalue weighted by atomic mass is 9.92. The molecule has 1 aliphatic heterocycles. The van der Waals surface area contributed by atoms with Crippen LogP contribution >= 0.6 is 0 Å². The van der Waals surface area contributed by atoms with Crippen LogP contribution in [0.5, 0.6) is 0 Å². The van der Waals surface area contributed by atoms with Gasteiger partial charge in [-0.05, 0) is 65.1 Å². The van der Waals surface area contributed by atoms with E-state index < -0.39 is 11.5 Å². The number of carboxylic acids is 1. The largest absolute Gasteiger partial charge is 0.480 e. The lowest BCUT2D eigenvalue weighted by Crippen LogP contribution is -2.53. The number of nitrogens with zero attached hydrogens (tertiary/aromatic N) is 1. The van der Waals surface area contributed by atoms with E-state index in [-0.39, 0.29) is 0 Å². The van der Waals surface area contributed by atoms with E-state index in [1.54, 1.807) is 0 Å². The second-order valence-corrected chi connectivity index (χ2v) is 6.84. The first-order valence-electron chi connectivity index (χ1n) is 8.65. The van der Waals surface area contributed by atoms with Crippen LogP contribution in [-0.2, 0) is 4.79 Å². The van der Waals surface area contributed by atoms with Crippen molar-refractivity contribution in [2.45, 2.75) is 77.8 Å². The summed E-state index contributed by atoms with van der Waals surface area (Å²) >= 11 is 0. The number of carboxylic acid groups (broad SMARTS) is 1. The number of nitrogens with one attached hydrogen (secondary N) is 1. The van der Waals surface area contributed by atoms with Gasteiger partial charge in [-0.15, -0.1) is 0 Å². The molecule has 0 aliphatic carbocycles. The highest BCUT2D eigenvalue weighted by Gasteiger charge is 2.35. The molecule has 1 aliphatic rings. The highest BCUT2D eigenvalue weighted by molar-refractivity contribution is 5.78. The minimum Gasteiger partial charge on any atom is -0.480 e. The second kappa shape index (κ2) is 8.74. The molecule has 0 radical (unpaired) electrons. The molecule has 0 aromatic carbocycles. The molecular formula is C17H34N2O2. The van der Waals surface area contributed by atoms with Gasteiger partial charge in [0.2, 0.25) is 0 Å². The van der Waals surface area contributed by atoms with Gasteiger partial charge in [0.1, 0.15) is 5.54 Å². The van der Waals surface area contributed by atoms with Crippen molar-refractivity contribution in [1.82, 2.24) is 10.2 Å². The van der Waals surface area contributed by atoms with E-state index in [0.29, 0.717) is 19.0 Å². The molecule has 0 amide bonds. The van der Waals surface area contributed by atoms with Crippen LogP contribution in [0.15, 0.2) is 0 Å². The SMILES string of the molecule is CCCC1CCCN(C(C)CC(C)(NCC)C(=O)O)CC1. The van der Waals surface area contributed by atoms with E-state index in [9.17, 15) is 9.90 Å². The second-order valence-electron chi connectivity index (χ2n) is 6.84. The summed E-state index contributed by atoms with van der Waals surface area (Å²) in [6, 6.07) is 0.311. The number of aliphatic carboxylic acids is 1. The molecule has 1 rings (SSSR count). The molecule has 124 valence electrons. The van der Waals surface area contributed by atoms with Crippen molar-refractivity contribution in [1.29, 1.82) is 0 Å². The Balaban J connectivity index is 2.57. The van der Waals surface area contributed by atoms with Crippen LogP contribution in [0.4, 0.5) is 0 Å². The van der Waals surface area contributed by atoms with Crippen molar-refractivity contribution in [3.63, 3.8) is 0 Å². The molecule has 0 aromatic rings. The summed E-state index contributed by atoms with van der Waals surface area (Å²) in [5, 5.41) is 12.6. The van der Waals surface area contributed by atoms with Crippen molar-refractivity contribution in [2.75, 3.05) is 19.6 Å². The Labute approximate surface area is 130 Å². The molecule has 2 N–H and O–H groups in total. The standard InChI is InChI=1S/C17H34N2O2/c1-5-8-15-9-7-11-19(12-10-15)14(3)13-17(4,16(20)21)18-6-2/h14-15,18H,5-13H2,1-4H3,(H,20,21). The summed E-state index contributed by atoms with van der Waals surface area (Å²) in [4.78, 5) is 14.0. The van der Waals surface area contributed by atoms with Crippen LogP contribution in [0.25, 0.3) is 0 Å². The molecule has 4 nitrogen and oxygen atoms in total. The zero-order valence-electron chi connectivity index (χ0n) is 14.3. The van der Waals surface area contributed by atoms with E-state index in [2.05, 4.69) is 24.1 Å². The molecule has 21 heavy (non-hydrogen) atoms. The van der Waals surface area contributed by atoms with E-state index in [4.69, 9.17) is 0 Å². The molecule has 4 heteroatoms. The summed E-state index contributed by atoms with van der Waals surface area (Å²) in [6.07, 6.45) is 7.13. The molecule has 3 atom stereocenters. The van der Waals surface area contributed by atoms with Gasteiger partial charge in [-0.1, -0.05) is 26.7 Å². The Morgan fingerprint density at radius 3 is 2.67 bits per heavy atom. The molecule has 3 unspecified atom stereocenters. The Bertz CT molecular complexity index is 322. The quantitative estimate of drug-likeness (QED) is 0.723. The van der Waals surface area contributed by atoms with Crippen LogP contribution in [0.3, 0.4) is 0 Å². The van der Waals surface area contributed by atoms with Gasteiger partial charge < -0.3 is 15.3 Å². The highest BCUT2D eigenvalue weighted by Crippen LogP contribution is 2.25. The van der Waals surface area contributed by atoms with E-state index in [0.717, 1.165) is 19.0 Å². The maximum atomic E-state index is 11.6. The van der Waals surface area contributed by atoms with Crippen LogP contribution < -0.4 is 5.32 Å². The number of likely N-dealkylation sites (tertiary alicyclic amines) is 1. The molecule has 1 saturated heterocycles. The zero-order chi connectivity index (χ0) is 15.9. The Morgan fingerprint density at radius 2 is 2.10 bits per heavy atom. The number of likely N-dealkylation sites (N-methyl/N-ethyl adjacent to an activating group) is 1. The Hall–Kier alpha value is -0.610. The maximum absolute atomic E-state index is 11.6. The summed E-state index contributed by atoms with van der Waals surface area (Å²) in [5.74, 6) is 0.127. The van der Waals surface area contributed by atoms with Crippen molar-refractivity contribution in [2.24, 2.45) is 5.92 Å². The fourth-order valence-electron chi connectivity index (χ4n) is 3.67. The molecule has 0 saturated carbocycles. The summed E-state index contributed by atoms with van der Waals surface area (Å²) < 4.78 is 0. The van der Waals surface area contributed by atoms with E-state index >= 15 is 0 Å². The summed E-state index contributed by atoms with van der Waals surface area (Å²) in [6.45, 7) is 11.1. The number of carbonyl (C=O) groups is 1. The topological polar surface area (TPSA) is 52.6 Å². The van der Waals surface area contributed by atoms with Gasteiger partial charge in [-0.25, -0.2) is 0 Å². The van der Waals surface area contributed by atoms with E-state index in [1.165, 1.54) is 32.1 Å². The first-order valence-corrected chi connectivity index (χ1v) is 8.65. The Kier molecular flexibility index (Phi) is 7.67. The maximum Gasteiger partial charge on any atom is 0.323 e. The van der Waals surface area contributed by atoms with Gasteiger partial charge >= 0.3 is 5.97 Å². The van der Waals surface area contributed by atoms with Gasteiger partial charge in [-0.3, -0.25) is 4.79 Å². The van der Waals surface area contributed by atoms with Crippen molar-refractivity contribution < 1.29 is 9.90 Å². The van der Waals surface area contributed by atoms with Gasteiger partial charge in [0.15, 0.2) is 0 Å². The first-order chi connectivity index (χ1) is 9.92. The predicted octanol–water partition coefficient (Wildman–Crippen LogP) is 3.12. The number of rotatable bonds is 8. The molecular weight excluding hydrogens is 264 g/mol. The lowest BCUT2D eigenvalue weighted by molar-refractivity contribution is -0.145. The monoisotopic (exact) mass is 298 g/mol. The van der Waals surface area contributed by atoms with Crippen LogP contribution in [-0.4, -0.2) is 47.2 Å². The van der Waals surface area contributed by atoms with Crippen LogP contribution in [0.2, 0.25) is 0 Å². The number of hydrogen-bond acceptors (Lipinski definition) is 3. The normalized spacial score (nSPS) is 25.0. The molecule has 0 bridgehead atoms. The fraction of sp³-hybridized carbons (Fsp3) is 0.941. The molecule has 0 aromatic heterocycles.